The molecule has 4 nitrogen and oxygen atoms in total. The fraction of sp³-hybridized carbons (Fsp3) is 0.316. The number of urea groups is 1. The fourth-order valence-corrected chi connectivity index (χ4v) is 2.24. The molecule has 2 aromatic carbocycles. The van der Waals surface area contributed by atoms with E-state index in [9.17, 15) is 4.79 Å². The zero-order valence-electron chi connectivity index (χ0n) is 13.9. The molecule has 0 atom stereocenters. The van der Waals surface area contributed by atoms with Gasteiger partial charge in [0.2, 0.25) is 0 Å². The van der Waals surface area contributed by atoms with E-state index in [1.807, 2.05) is 48.5 Å². The molecule has 4 heteroatoms. The van der Waals surface area contributed by atoms with Gasteiger partial charge in [0.05, 0.1) is 0 Å². The van der Waals surface area contributed by atoms with Crippen LogP contribution in [-0.4, -0.2) is 12.8 Å². The average Bonchev–Trinajstić information content (AvgIpc) is 2.55. The van der Waals surface area contributed by atoms with Gasteiger partial charge in [0.25, 0.3) is 0 Å². The van der Waals surface area contributed by atoms with Crippen molar-refractivity contribution >= 4 is 11.7 Å². The molecule has 0 spiro atoms. The van der Waals surface area contributed by atoms with Crippen molar-refractivity contribution in [1.29, 1.82) is 0 Å². The summed E-state index contributed by atoms with van der Waals surface area (Å²) < 4.78 is 5.62. The first-order valence-corrected chi connectivity index (χ1v) is 7.95. The van der Waals surface area contributed by atoms with E-state index in [4.69, 9.17) is 4.74 Å². The Morgan fingerprint density at radius 1 is 1.09 bits per heavy atom. The molecule has 2 aromatic rings. The van der Waals surface area contributed by atoms with Gasteiger partial charge in [-0.25, -0.2) is 4.79 Å². The highest BCUT2D eigenvalue weighted by atomic mass is 16.5. The van der Waals surface area contributed by atoms with Crippen molar-refractivity contribution in [2.45, 2.75) is 33.1 Å². The van der Waals surface area contributed by atoms with E-state index in [2.05, 4.69) is 31.4 Å². The first-order chi connectivity index (χ1) is 11.1. The van der Waals surface area contributed by atoms with Crippen LogP contribution >= 0.6 is 0 Å². The van der Waals surface area contributed by atoms with Crippen molar-refractivity contribution in [3.8, 4) is 5.75 Å². The van der Waals surface area contributed by atoms with E-state index >= 15 is 0 Å². The second-order valence-corrected chi connectivity index (χ2v) is 5.66. The van der Waals surface area contributed by atoms with Crippen molar-refractivity contribution in [3.05, 3.63) is 59.7 Å². The number of anilines is 1. The van der Waals surface area contributed by atoms with E-state index in [0.29, 0.717) is 5.92 Å². The molecule has 0 aliphatic rings. The zero-order valence-corrected chi connectivity index (χ0v) is 13.9. The molecule has 0 heterocycles. The van der Waals surface area contributed by atoms with Crippen LogP contribution in [-0.2, 0) is 6.42 Å². The van der Waals surface area contributed by atoms with Crippen LogP contribution in [0, 0.1) is 0 Å². The highest BCUT2D eigenvalue weighted by molar-refractivity contribution is 5.89. The predicted molar refractivity (Wildman–Crippen MR) is 94.0 cm³/mol. The first kappa shape index (κ1) is 16.9. The minimum Gasteiger partial charge on any atom is -0.473 e. The number of amides is 2. The smallest absolute Gasteiger partial charge is 0.321 e. The van der Waals surface area contributed by atoms with Gasteiger partial charge < -0.3 is 15.4 Å². The summed E-state index contributed by atoms with van der Waals surface area (Å²) in [4.78, 5) is 11.9. The molecule has 0 aliphatic heterocycles. The third-order valence-electron chi connectivity index (χ3n) is 3.65. The number of ether oxygens (including phenoxy) is 1. The molecular weight excluding hydrogens is 288 g/mol. The Bertz CT molecular complexity index is 636. The Balaban J connectivity index is 1.81. The fourth-order valence-electron chi connectivity index (χ4n) is 2.24. The normalized spacial score (nSPS) is 10.4. The summed E-state index contributed by atoms with van der Waals surface area (Å²) in [5.41, 5.74) is 3.13. The van der Waals surface area contributed by atoms with Crippen molar-refractivity contribution < 1.29 is 9.53 Å². The Labute approximate surface area is 137 Å². The number of nitrogens with one attached hydrogen (secondary N) is 2. The number of aryl methyl sites for hydroxylation is 1. The van der Waals surface area contributed by atoms with Gasteiger partial charge in [-0.05, 0) is 41.7 Å². The highest BCUT2D eigenvalue weighted by Gasteiger charge is 2.04. The summed E-state index contributed by atoms with van der Waals surface area (Å²) in [6.07, 6.45) is 0.893. The number of hydrogen-bond acceptors (Lipinski definition) is 2. The van der Waals surface area contributed by atoms with Gasteiger partial charge in [-0.3, -0.25) is 0 Å². The van der Waals surface area contributed by atoms with E-state index < -0.39 is 0 Å². The third-order valence-corrected chi connectivity index (χ3v) is 3.65. The van der Waals surface area contributed by atoms with Gasteiger partial charge >= 0.3 is 6.03 Å². The molecule has 0 saturated carbocycles. The molecule has 0 bridgehead atoms. The van der Waals surface area contributed by atoms with Crippen molar-refractivity contribution in [1.82, 2.24) is 5.32 Å². The van der Waals surface area contributed by atoms with Crippen LogP contribution in [0.25, 0.3) is 0 Å². The molecule has 2 rings (SSSR count). The number of carbonyl (C=O) groups excluding carboxylic acids is 1. The average molecular weight is 312 g/mol. The molecular formula is C19H24N2O2. The van der Waals surface area contributed by atoms with E-state index in [1.54, 1.807) is 0 Å². The van der Waals surface area contributed by atoms with Crippen LogP contribution in [0.4, 0.5) is 10.5 Å². The van der Waals surface area contributed by atoms with E-state index in [0.717, 1.165) is 23.4 Å². The lowest BCUT2D eigenvalue weighted by Crippen LogP contribution is -2.32. The van der Waals surface area contributed by atoms with Crippen molar-refractivity contribution in [2.75, 3.05) is 12.0 Å². The monoisotopic (exact) mass is 312 g/mol. The largest absolute Gasteiger partial charge is 0.473 e. The molecule has 0 radical (unpaired) electrons. The Kier molecular flexibility index (Phi) is 6.03. The molecule has 23 heavy (non-hydrogen) atoms. The highest BCUT2D eigenvalue weighted by Crippen LogP contribution is 2.18. The molecule has 0 fully saturated rings. The van der Waals surface area contributed by atoms with Crippen molar-refractivity contribution in [2.24, 2.45) is 0 Å². The second-order valence-electron chi connectivity index (χ2n) is 5.66. The molecule has 0 saturated heterocycles. The summed E-state index contributed by atoms with van der Waals surface area (Å²) in [5, 5.41) is 5.49. The van der Waals surface area contributed by atoms with Crippen molar-refractivity contribution in [3.63, 3.8) is 0 Å². The number of hydrogen-bond donors (Lipinski definition) is 2. The molecule has 0 aliphatic carbocycles. The van der Waals surface area contributed by atoms with Crippen LogP contribution < -0.4 is 15.4 Å². The van der Waals surface area contributed by atoms with Crippen LogP contribution in [0.5, 0.6) is 5.75 Å². The molecule has 0 unspecified atom stereocenters. The maximum atomic E-state index is 11.9. The second kappa shape index (κ2) is 8.22. The molecule has 2 amide bonds. The predicted octanol–water partition coefficient (Wildman–Crippen LogP) is 4.53. The van der Waals surface area contributed by atoms with Gasteiger partial charge in [-0.2, -0.15) is 0 Å². The molecule has 0 aromatic heterocycles. The Morgan fingerprint density at radius 3 is 2.43 bits per heavy atom. The van der Waals surface area contributed by atoms with Gasteiger partial charge in [0.1, 0.15) is 5.75 Å². The minimum absolute atomic E-state index is 0.132. The SMILES string of the molecule is CCc1ccccc1OCNC(=O)Nc1ccc(C(C)C)cc1. The quantitative estimate of drug-likeness (QED) is 0.770. The summed E-state index contributed by atoms with van der Waals surface area (Å²) in [5.74, 6) is 1.28. The number of carbonyl (C=O) groups is 1. The maximum absolute atomic E-state index is 11.9. The van der Waals surface area contributed by atoms with Crippen LogP contribution in [0.1, 0.15) is 37.8 Å². The summed E-state index contributed by atoms with van der Waals surface area (Å²) in [6.45, 7) is 6.48. The number of benzene rings is 2. The summed E-state index contributed by atoms with van der Waals surface area (Å²) in [7, 11) is 0. The maximum Gasteiger partial charge on any atom is 0.321 e. The first-order valence-electron chi connectivity index (χ1n) is 7.95. The molecule has 2 N–H and O–H groups in total. The van der Waals surface area contributed by atoms with Gasteiger partial charge in [-0.15, -0.1) is 0 Å². The summed E-state index contributed by atoms with van der Waals surface area (Å²) in [6, 6.07) is 15.4. The van der Waals surface area contributed by atoms with Gasteiger partial charge in [0.15, 0.2) is 6.73 Å². The lowest BCUT2D eigenvalue weighted by molar-refractivity contribution is 0.234. The van der Waals surface area contributed by atoms with Gasteiger partial charge in [0, 0.05) is 5.69 Å². The zero-order chi connectivity index (χ0) is 16.7. The number of rotatable bonds is 6. The standard InChI is InChI=1S/C19H24N2O2/c1-4-15-7-5-6-8-18(15)23-13-20-19(22)21-17-11-9-16(10-12-17)14(2)3/h5-12,14H,4,13H2,1-3H3,(H2,20,21,22). The number of para-hydroxylation sites is 1. The Hall–Kier alpha value is -2.49. The van der Waals surface area contributed by atoms with Crippen LogP contribution in [0.2, 0.25) is 0 Å². The Morgan fingerprint density at radius 2 is 1.78 bits per heavy atom. The summed E-state index contributed by atoms with van der Waals surface area (Å²) >= 11 is 0. The minimum atomic E-state index is -0.281. The van der Waals surface area contributed by atoms with Crippen LogP contribution in [0.15, 0.2) is 48.5 Å². The van der Waals surface area contributed by atoms with E-state index in [1.165, 1.54) is 5.56 Å². The molecule has 122 valence electrons. The topological polar surface area (TPSA) is 50.4 Å². The van der Waals surface area contributed by atoms with Crippen LogP contribution in [0.3, 0.4) is 0 Å². The van der Waals surface area contributed by atoms with Gasteiger partial charge in [-0.1, -0.05) is 51.1 Å². The third kappa shape index (κ3) is 5.02. The van der Waals surface area contributed by atoms with E-state index in [-0.39, 0.29) is 12.8 Å². The lowest BCUT2D eigenvalue weighted by atomic mass is 10.0. The lowest BCUT2D eigenvalue weighted by Gasteiger charge is -2.12.